The van der Waals surface area contributed by atoms with Gasteiger partial charge >= 0.3 is 0 Å². The molecular weight excluding hydrogens is 334 g/mol. The number of imidazole rings is 1. The van der Waals surface area contributed by atoms with E-state index in [-0.39, 0.29) is 11.3 Å². The van der Waals surface area contributed by atoms with Crippen LogP contribution in [-0.4, -0.2) is 19.9 Å². The van der Waals surface area contributed by atoms with Crippen molar-refractivity contribution in [2.75, 3.05) is 0 Å². The number of hydrogen-bond acceptors (Lipinski definition) is 2. The first kappa shape index (κ1) is 16.8. The zero-order chi connectivity index (χ0) is 18.8. The molecule has 0 saturated heterocycles. The standard InChI is InChI=1S/C23H27N3O/c1-23(2,3)22-24-11-13-25(22)14-16-9-10-18-19(21(16)27)17-8-4-6-15-7-5-12-26(18)20(15)17/h4,6,8,11,13,16H,5,7,9-10,12,14H2,1-3H3/t16-/m1/s1. The summed E-state index contributed by atoms with van der Waals surface area (Å²) in [6.45, 7) is 8.32. The quantitative estimate of drug-likeness (QED) is 0.673. The molecule has 0 amide bonds. The summed E-state index contributed by atoms with van der Waals surface area (Å²) >= 11 is 0. The van der Waals surface area contributed by atoms with Gasteiger partial charge in [-0.05, 0) is 31.2 Å². The van der Waals surface area contributed by atoms with E-state index in [4.69, 9.17) is 0 Å². The number of carbonyl (C=O) groups excluding carboxylic acids is 1. The number of para-hydroxylation sites is 1. The van der Waals surface area contributed by atoms with Crippen molar-refractivity contribution in [1.82, 2.24) is 14.1 Å². The van der Waals surface area contributed by atoms with Crippen LogP contribution >= 0.6 is 0 Å². The van der Waals surface area contributed by atoms with Crippen molar-refractivity contribution in [3.8, 4) is 0 Å². The Bertz CT molecular complexity index is 1050. The molecular formula is C23H27N3O. The number of hydrogen-bond donors (Lipinski definition) is 0. The highest BCUT2D eigenvalue weighted by molar-refractivity contribution is 6.12. The van der Waals surface area contributed by atoms with E-state index in [1.165, 1.54) is 28.6 Å². The van der Waals surface area contributed by atoms with Crippen LogP contribution in [0.5, 0.6) is 0 Å². The molecule has 0 fully saturated rings. The number of benzene rings is 1. The highest BCUT2D eigenvalue weighted by atomic mass is 16.1. The number of ketones is 1. The Kier molecular flexibility index (Phi) is 3.62. The first-order valence-electron chi connectivity index (χ1n) is 10.1. The van der Waals surface area contributed by atoms with Crippen molar-refractivity contribution in [3.05, 3.63) is 53.2 Å². The predicted octanol–water partition coefficient (Wildman–Crippen LogP) is 4.53. The number of fused-ring (bicyclic) bond motifs is 3. The van der Waals surface area contributed by atoms with Crippen molar-refractivity contribution in [2.45, 2.75) is 65.0 Å². The maximum absolute atomic E-state index is 13.5. The first-order chi connectivity index (χ1) is 12.9. The van der Waals surface area contributed by atoms with Gasteiger partial charge in [0.25, 0.3) is 0 Å². The second-order valence-electron chi connectivity index (χ2n) is 9.14. The van der Waals surface area contributed by atoms with E-state index in [1.807, 2.05) is 12.4 Å². The largest absolute Gasteiger partial charge is 0.344 e. The molecule has 1 aromatic carbocycles. The summed E-state index contributed by atoms with van der Waals surface area (Å²) in [7, 11) is 0. The number of nitrogens with zero attached hydrogens (tertiary/aromatic N) is 3. The second-order valence-corrected chi connectivity index (χ2v) is 9.14. The molecule has 1 atom stereocenters. The third-order valence-electron chi connectivity index (χ3n) is 6.25. The lowest BCUT2D eigenvalue weighted by molar-refractivity contribution is 0.0886. The third-order valence-corrected chi connectivity index (χ3v) is 6.25. The molecule has 0 bridgehead atoms. The van der Waals surface area contributed by atoms with Crippen LogP contribution in [0.4, 0.5) is 0 Å². The van der Waals surface area contributed by atoms with Crippen LogP contribution in [0.3, 0.4) is 0 Å². The first-order valence-corrected chi connectivity index (χ1v) is 10.1. The van der Waals surface area contributed by atoms with E-state index in [0.717, 1.165) is 43.7 Å². The van der Waals surface area contributed by atoms with Crippen LogP contribution < -0.4 is 0 Å². The van der Waals surface area contributed by atoms with Crippen LogP contribution in [0, 0.1) is 5.92 Å². The van der Waals surface area contributed by atoms with Gasteiger partial charge < -0.3 is 9.13 Å². The lowest BCUT2D eigenvalue weighted by Crippen LogP contribution is -2.29. The molecule has 2 aliphatic rings. The van der Waals surface area contributed by atoms with Crippen molar-refractivity contribution in [2.24, 2.45) is 5.92 Å². The van der Waals surface area contributed by atoms with Crippen molar-refractivity contribution in [3.63, 3.8) is 0 Å². The summed E-state index contributed by atoms with van der Waals surface area (Å²) in [5, 5.41) is 1.18. The fourth-order valence-corrected chi connectivity index (χ4v) is 5.11. The van der Waals surface area contributed by atoms with Crippen LogP contribution in [0.25, 0.3) is 10.9 Å². The zero-order valence-corrected chi connectivity index (χ0v) is 16.5. The molecule has 4 nitrogen and oxygen atoms in total. The third kappa shape index (κ3) is 2.49. The SMILES string of the molecule is CC(C)(C)c1nccn1C[C@H]1CCc2c(c3cccc4c3n2CCC4)C1=O. The van der Waals surface area contributed by atoms with Gasteiger partial charge in [-0.2, -0.15) is 0 Å². The lowest BCUT2D eigenvalue weighted by Gasteiger charge is -2.26. The Balaban J connectivity index is 1.55. The highest BCUT2D eigenvalue weighted by Crippen LogP contribution is 2.38. The van der Waals surface area contributed by atoms with Gasteiger partial charge in [0.2, 0.25) is 0 Å². The summed E-state index contributed by atoms with van der Waals surface area (Å²) in [4.78, 5) is 18.1. The molecule has 3 heterocycles. The average Bonchev–Trinajstić information content (AvgIpc) is 3.23. The van der Waals surface area contributed by atoms with Crippen LogP contribution in [-0.2, 0) is 31.3 Å². The fraction of sp³-hybridized carbons (Fsp3) is 0.478. The number of Topliss-reactive ketones (excluding diaryl/α,β-unsaturated/α-hetero) is 1. The predicted molar refractivity (Wildman–Crippen MR) is 107 cm³/mol. The summed E-state index contributed by atoms with van der Waals surface area (Å²) in [5.41, 5.74) is 4.99. The van der Waals surface area contributed by atoms with Crippen molar-refractivity contribution in [1.29, 1.82) is 0 Å². The number of aromatic nitrogens is 3. The summed E-state index contributed by atoms with van der Waals surface area (Å²) in [6.07, 6.45) is 8.12. The Morgan fingerprint density at radius 2 is 2.07 bits per heavy atom. The van der Waals surface area contributed by atoms with E-state index in [1.54, 1.807) is 0 Å². The van der Waals surface area contributed by atoms with E-state index in [0.29, 0.717) is 5.78 Å². The van der Waals surface area contributed by atoms with Crippen LogP contribution in [0.15, 0.2) is 30.6 Å². The van der Waals surface area contributed by atoms with Gasteiger partial charge in [0.05, 0.1) is 5.52 Å². The molecule has 0 radical (unpaired) electrons. The maximum atomic E-state index is 13.5. The normalized spacial score (nSPS) is 19.5. The topological polar surface area (TPSA) is 39.8 Å². The van der Waals surface area contributed by atoms with Crippen molar-refractivity contribution >= 4 is 16.7 Å². The second kappa shape index (κ2) is 5.82. The minimum Gasteiger partial charge on any atom is -0.344 e. The smallest absolute Gasteiger partial charge is 0.170 e. The van der Waals surface area contributed by atoms with Gasteiger partial charge in [0.15, 0.2) is 5.78 Å². The minimum atomic E-state index is -0.0178. The number of carbonyl (C=O) groups is 1. The number of rotatable bonds is 2. The molecule has 3 aromatic rings. The van der Waals surface area contributed by atoms with Gasteiger partial charge in [-0.1, -0.05) is 39.0 Å². The summed E-state index contributed by atoms with van der Waals surface area (Å²) in [5.74, 6) is 1.42. The van der Waals surface area contributed by atoms with E-state index >= 15 is 0 Å². The van der Waals surface area contributed by atoms with E-state index in [9.17, 15) is 4.79 Å². The van der Waals surface area contributed by atoms with Crippen LogP contribution in [0.1, 0.15) is 61.1 Å². The molecule has 0 saturated carbocycles. The Hall–Kier alpha value is -2.36. The Labute approximate surface area is 160 Å². The Morgan fingerprint density at radius 1 is 1.22 bits per heavy atom. The molecule has 0 unspecified atom stereocenters. The van der Waals surface area contributed by atoms with E-state index < -0.39 is 0 Å². The van der Waals surface area contributed by atoms with Crippen LogP contribution in [0.2, 0.25) is 0 Å². The Morgan fingerprint density at radius 3 is 2.89 bits per heavy atom. The van der Waals surface area contributed by atoms with Gasteiger partial charge in [-0.25, -0.2) is 4.98 Å². The molecule has 1 aliphatic heterocycles. The number of aryl methyl sites for hydroxylation is 2. The summed E-state index contributed by atoms with van der Waals surface area (Å²) in [6, 6.07) is 6.50. The maximum Gasteiger partial charge on any atom is 0.170 e. The van der Waals surface area contributed by atoms with Gasteiger partial charge in [-0.15, -0.1) is 0 Å². The van der Waals surface area contributed by atoms with E-state index in [2.05, 4.69) is 53.1 Å². The zero-order valence-electron chi connectivity index (χ0n) is 16.5. The molecule has 0 spiro atoms. The summed E-state index contributed by atoms with van der Waals surface area (Å²) < 4.78 is 4.63. The molecule has 2 aromatic heterocycles. The minimum absolute atomic E-state index is 0.0178. The molecule has 4 heteroatoms. The van der Waals surface area contributed by atoms with Gasteiger partial charge in [-0.3, -0.25) is 4.79 Å². The average molecular weight is 361 g/mol. The lowest BCUT2D eigenvalue weighted by atomic mass is 9.84. The fourth-order valence-electron chi connectivity index (χ4n) is 5.11. The molecule has 1 aliphatic carbocycles. The molecule has 5 rings (SSSR count). The molecule has 140 valence electrons. The van der Waals surface area contributed by atoms with Gasteiger partial charge in [0, 0.05) is 53.5 Å². The monoisotopic (exact) mass is 361 g/mol. The highest BCUT2D eigenvalue weighted by Gasteiger charge is 2.34. The molecule has 0 N–H and O–H groups in total. The van der Waals surface area contributed by atoms with Gasteiger partial charge in [0.1, 0.15) is 5.82 Å². The molecule has 27 heavy (non-hydrogen) atoms. The van der Waals surface area contributed by atoms with Crippen molar-refractivity contribution < 1.29 is 4.79 Å².